The van der Waals surface area contributed by atoms with Gasteiger partial charge >= 0.3 is 0 Å². The van der Waals surface area contributed by atoms with Crippen molar-refractivity contribution in [3.05, 3.63) is 35.1 Å². The van der Waals surface area contributed by atoms with Crippen LogP contribution in [0.3, 0.4) is 0 Å². The van der Waals surface area contributed by atoms with E-state index in [2.05, 4.69) is 24.1 Å². The lowest BCUT2D eigenvalue weighted by Gasteiger charge is -2.38. The first kappa shape index (κ1) is 19.3. The number of hydrogen-bond donors (Lipinski definition) is 1. The highest BCUT2D eigenvalue weighted by molar-refractivity contribution is 5.85. The molecule has 1 saturated heterocycles. The maximum absolute atomic E-state index is 14.2. The Hall–Kier alpha value is -0.780. The highest BCUT2D eigenvalue weighted by Gasteiger charge is 2.30. The fourth-order valence-electron chi connectivity index (χ4n) is 3.20. The predicted molar refractivity (Wildman–Crippen MR) is 84.8 cm³/mol. The summed E-state index contributed by atoms with van der Waals surface area (Å²) in [7, 11) is 0. The summed E-state index contributed by atoms with van der Waals surface area (Å²) in [5, 5.41) is 3.26. The highest BCUT2D eigenvalue weighted by atomic mass is 35.5. The summed E-state index contributed by atoms with van der Waals surface area (Å²) >= 11 is 0. The third kappa shape index (κ3) is 4.37. The first-order valence-electron chi connectivity index (χ1n) is 7.63. The van der Waals surface area contributed by atoms with Gasteiger partial charge in [0.15, 0.2) is 11.6 Å². The maximum Gasteiger partial charge on any atom is 0.161 e. The molecule has 6 heteroatoms. The van der Waals surface area contributed by atoms with Crippen LogP contribution in [0.4, 0.5) is 13.2 Å². The van der Waals surface area contributed by atoms with Gasteiger partial charge in [-0.3, -0.25) is 4.90 Å². The van der Waals surface area contributed by atoms with Crippen LogP contribution < -0.4 is 5.32 Å². The third-order valence-corrected chi connectivity index (χ3v) is 4.19. The van der Waals surface area contributed by atoms with E-state index in [4.69, 9.17) is 0 Å². The smallest absolute Gasteiger partial charge is 0.161 e. The number of piperazine rings is 1. The molecule has 126 valence electrons. The van der Waals surface area contributed by atoms with E-state index in [1.165, 1.54) is 0 Å². The number of benzene rings is 1. The highest BCUT2D eigenvalue weighted by Crippen LogP contribution is 2.34. The van der Waals surface area contributed by atoms with Crippen molar-refractivity contribution >= 4 is 12.4 Å². The summed E-state index contributed by atoms with van der Waals surface area (Å²) in [6.45, 7) is 7.37. The summed E-state index contributed by atoms with van der Waals surface area (Å²) in [6.07, 6.45) is 1.90. The molecule has 0 aromatic heterocycles. The predicted octanol–water partition coefficient (Wildman–Crippen LogP) is 3.91. The summed E-state index contributed by atoms with van der Waals surface area (Å²) < 4.78 is 40.9. The molecule has 1 aromatic carbocycles. The van der Waals surface area contributed by atoms with Gasteiger partial charge in [-0.05, 0) is 18.4 Å². The number of hydrogen-bond acceptors (Lipinski definition) is 2. The number of nitrogens with one attached hydrogen (secondary N) is 1. The lowest BCUT2D eigenvalue weighted by molar-refractivity contribution is 0.122. The minimum atomic E-state index is -1.13. The maximum atomic E-state index is 14.2. The first-order valence-corrected chi connectivity index (χ1v) is 7.63. The van der Waals surface area contributed by atoms with Crippen molar-refractivity contribution in [3.8, 4) is 0 Å². The molecule has 1 fully saturated rings. The van der Waals surface area contributed by atoms with E-state index in [9.17, 15) is 13.2 Å². The molecule has 0 spiro atoms. The summed E-state index contributed by atoms with van der Waals surface area (Å²) in [6, 6.07) is 1.49. The van der Waals surface area contributed by atoms with Gasteiger partial charge in [-0.15, -0.1) is 12.4 Å². The van der Waals surface area contributed by atoms with E-state index in [-0.39, 0.29) is 29.9 Å². The summed E-state index contributed by atoms with van der Waals surface area (Å²) in [5.41, 5.74) is 0.275. The molecular formula is C16H24ClF3N2. The topological polar surface area (TPSA) is 15.3 Å². The minimum absolute atomic E-state index is 0. The van der Waals surface area contributed by atoms with Crippen LogP contribution in [-0.2, 0) is 0 Å². The molecule has 0 amide bonds. The summed E-state index contributed by atoms with van der Waals surface area (Å²) in [4.78, 5) is 2.17. The Morgan fingerprint density at radius 3 is 2.27 bits per heavy atom. The lowest BCUT2D eigenvalue weighted by Crippen LogP contribution is -2.46. The van der Waals surface area contributed by atoms with E-state index in [1.807, 2.05) is 0 Å². The number of rotatable bonds is 5. The standard InChI is InChI=1S/C16H23F3N2.ClH/c1-3-4-11(2)16(21-7-5-20-6-8-21)12-9-14(18)15(19)10-13(12)17;/h9-11,16,20H,3-8H2,1-2H3;1H/t11?,16-;/m0./s1. The van der Waals surface area contributed by atoms with Crippen LogP contribution in [0.2, 0.25) is 0 Å². The second-order valence-corrected chi connectivity index (χ2v) is 5.78. The van der Waals surface area contributed by atoms with Gasteiger partial charge in [-0.2, -0.15) is 0 Å². The zero-order valence-corrected chi connectivity index (χ0v) is 13.9. The van der Waals surface area contributed by atoms with Gasteiger partial charge in [0.05, 0.1) is 0 Å². The second kappa shape index (κ2) is 8.75. The lowest BCUT2D eigenvalue weighted by atomic mass is 9.88. The van der Waals surface area contributed by atoms with Crippen molar-refractivity contribution in [1.29, 1.82) is 0 Å². The zero-order valence-electron chi connectivity index (χ0n) is 13.0. The van der Waals surface area contributed by atoms with Gasteiger partial charge in [0.1, 0.15) is 5.82 Å². The molecule has 1 aromatic rings. The monoisotopic (exact) mass is 336 g/mol. The van der Waals surface area contributed by atoms with Crippen molar-refractivity contribution in [2.75, 3.05) is 26.2 Å². The molecule has 2 atom stereocenters. The molecule has 1 heterocycles. The molecule has 0 aliphatic carbocycles. The van der Waals surface area contributed by atoms with Gasteiger partial charge in [0.25, 0.3) is 0 Å². The Morgan fingerprint density at radius 1 is 1.09 bits per heavy atom. The van der Waals surface area contributed by atoms with Crippen LogP contribution in [0.5, 0.6) is 0 Å². The Balaban J connectivity index is 0.00000242. The van der Waals surface area contributed by atoms with Gasteiger partial charge in [0, 0.05) is 43.9 Å². The molecule has 2 rings (SSSR count). The van der Waals surface area contributed by atoms with E-state index < -0.39 is 17.5 Å². The molecule has 22 heavy (non-hydrogen) atoms. The van der Waals surface area contributed by atoms with Crippen molar-refractivity contribution in [2.24, 2.45) is 5.92 Å². The van der Waals surface area contributed by atoms with E-state index in [1.54, 1.807) is 0 Å². The largest absolute Gasteiger partial charge is 0.314 e. The van der Waals surface area contributed by atoms with E-state index in [0.717, 1.165) is 45.1 Å². The molecule has 2 nitrogen and oxygen atoms in total. The van der Waals surface area contributed by atoms with Crippen molar-refractivity contribution in [2.45, 2.75) is 32.7 Å². The number of nitrogens with zero attached hydrogens (tertiary/aromatic N) is 1. The van der Waals surface area contributed by atoms with Gasteiger partial charge < -0.3 is 5.32 Å². The average molecular weight is 337 g/mol. The normalized spacial score (nSPS) is 18.6. The van der Waals surface area contributed by atoms with Crippen molar-refractivity contribution in [3.63, 3.8) is 0 Å². The van der Waals surface area contributed by atoms with E-state index in [0.29, 0.717) is 6.07 Å². The van der Waals surface area contributed by atoms with Crippen LogP contribution in [0.25, 0.3) is 0 Å². The second-order valence-electron chi connectivity index (χ2n) is 5.78. The van der Waals surface area contributed by atoms with Gasteiger partial charge in [0.2, 0.25) is 0 Å². The van der Waals surface area contributed by atoms with E-state index >= 15 is 0 Å². The van der Waals surface area contributed by atoms with Crippen LogP contribution in [0.15, 0.2) is 12.1 Å². The molecule has 0 radical (unpaired) electrons. The SMILES string of the molecule is CCCC(C)[C@@H](c1cc(F)c(F)cc1F)N1CCNCC1.Cl. The molecule has 0 saturated carbocycles. The molecule has 0 bridgehead atoms. The van der Waals surface area contributed by atoms with Gasteiger partial charge in [-0.25, -0.2) is 13.2 Å². The Bertz CT molecular complexity index is 479. The molecule has 1 unspecified atom stereocenters. The van der Waals surface area contributed by atoms with Crippen molar-refractivity contribution < 1.29 is 13.2 Å². The Morgan fingerprint density at radius 2 is 1.68 bits per heavy atom. The molecule has 1 aliphatic heterocycles. The fourth-order valence-corrected chi connectivity index (χ4v) is 3.20. The van der Waals surface area contributed by atoms with Crippen LogP contribution in [0, 0.1) is 23.4 Å². The Kier molecular flexibility index (Phi) is 7.66. The molecular weight excluding hydrogens is 313 g/mol. The van der Waals surface area contributed by atoms with Crippen molar-refractivity contribution in [1.82, 2.24) is 10.2 Å². The quantitative estimate of drug-likeness (QED) is 0.820. The van der Waals surface area contributed by atoms with Gasteiger partial charge in [-0.1, -0.05) is 20.3 Å². The Labute approximate surface area is 136 Å². The third-order valence-electron chi connectivity index (χ3n) is 4.19. The fraction of sp³-hybridized carbons (Fsp3) is 0.625. The molecule has 1 aliphatic rings. The average Bonchev–Trinajstić information content (AvgIpc) is 2.46. The first-order chi connectivity index (χ1) is 10.0. The van der Waals surface area contributed by atoms with Crippen LogP contribution in [-0.4, -0.2) is 31.1 Å². The van der Waals surface area contributed by atoms with Crippen LogP contribution in [0.1, 0.15) is 38.3 Å². The van der Waals surface area contributed by atoms with Crippen LogP contribution >= 0.6 is 12.4 Å². The zero-order chi connectivity index (χ0) is 15.4. The summed E-state index contributed by atoms with van der Waals surface area (Å²) in [5.74, 6) is -2.57. The minimum Gasteiger partial charge on any atom is -0.314 e. The number of halogens is 4. The molecule has 1 N–H and O–H groups in total.